The van der Waals surface area contributed by atoms with Gasteiger partial charge in [0.15, 0.2) is 0 Å². The van der Waals surface area contributed by atoms with Crippen LogP contribution >= 0.6 is 11.3 Å². The molecule has 2 heterocycles. The lowest BCUT2D eigenvalue weighted by molar-refractivity contribution is 0.907. The molecule has 0 amide bonds. The van der Waals surface area contributed by atoms with Gasteiger partial charge in [0, 0.05) is 29.9 Å². The summed E-state index contributed by atoms with van der Waals surface area (Å²) in [7, 11) is 1.87. The van der Waals surface area contributed by atoms with Gasteiger partial charge in [0.05, 0.1) is 6.04 Å². The fraction of sp³-hybridized carbons (Fsp3) is 0.250. The lowest BCUT2D eigenvalue weighted by atomic mass is 10.2. The van der Waals surface area contributed by atoms with E-state index in [0.717, 1.165) is 11.5 Å². The van der Waals surface area contributed by atoms with Gasteiger partial charge in [0.25, 0.3) is 0 Å². The molecule has 0 saturated carbocycles. The number of pyridine rings is 1. The first-order valence-electron chi connectivity index (χ1n) is 5.23. The van der Waals surface area contributed by atoms with Crippen molar-refractivity contribution >= 4 is 22.8 Å². The van der Waals surface area contributed by atoms with E-state index < -0.39 is 0 Å². The molecular weight excluding hydrogens is 218 g/mol. The Morgan fingerprint density at radius 2 is 2.25 bits per heavy atom. The van der Waals surface area contributed by atoms with Gasteiger partial charge >= 0.3 is 0 Å². The van der Waals surface area contributed by atoms with Crippen molar-refractivity contribution in [3.05, 3.63) is 40.7 Å². The molecule has 0 aliphatic rings. The normalized spacial score (nSPS) is 12.1. The van der Waals surface area contributed by atoms with Crippen LogP contribution in [0.1, 0.15) is 17.8 Å². The Kier molecular flexibility index (Phi) is 3.41. The molecule has 2 N–H and O–H groups in total. The van der Waals surface area contributed by atoms with E-state index in [1.54, 1.807) is 17.5 Å². The van der Waals surface area contributed by atoms with Gasteiger partial charge in [-0.05, 0) is 24.4 Å². The van der Waals surface area contributed by atoms with E-state index in [1.165, 1.54) is 4.88 Å². The number of nitrogens with zero attached hydrogens (tertiary/aromatic N) is 1. The number of aromatic nitrogens is 1. The summed E-state index contributed by atoms with van der Waals surface area (Å²) in [6.07, 6.45) is 1.80. The van der Waals surface area contributed by atoms with Crippen LogP contribution in [0.5, 0.6) is 0 Å². The minimum Gasteiger partial charge on any atom is -0.378 e. The number of anilines is 2. The van der Waals surface area contributed by atoms with Crippen molar-refractivity contribution in [1.29, 1.82) is 0 Å². The van der Waals surface area contributed by atoms with Crippen LogP contribution < -0.4 is 10.6 Å². The molecule has 3 nitrogen and oxygen atoms in total. The Morgan fingerprint density at radius 1 is 1.38 bits per heavy atom. The Labute approximate surface area is 99.5 Å². The Balaban J connectivity index is 2.08. The molecule has 16 heavy (non-hydrogen) atoms. The number of hydrogen-bond donors (Lipinski definition) is 2. The quantitative estimate of drug-likeness (QED) is 0.850. The molecule has 0 aromatic carbocycles. The Morgan fingerprint density at radius 3 is 2.94 bits per heavy atom. The molecule has 2 aromatic rings. The van der Waals surface area contributed by atoms with E-state index in [0.29, 0.717) is 6.04 Å². The van der Waals surface area contributed by atoms with E-state index in [1.807, 2.05) is 19.2 Å². The summed E-state index contributed by atoms with van der Waals surface area (Å²) < 4.78 is 0. The van der Waals surface area contributed by atoms with Crippen LogP contribution in [0.3, 0.4) is 0 Å². The van der Waals surface area contributed by atoms with Crippen LogP contribution in [0, 0.1) is 0 Å². The Hall–Kier alpha value is -1.55. The van der Waals surface area contributed by atoms with Crippen molar-refractivity contribution in [2.45, 2.75) is 13.0 Å². The van der Waals surface area contributed by atoms with Crippen molar-refractivity contribution in [3.8, 4) is 0 Å². The molecule has 0 spiro atoms. The summed E-state index contributed by atoms with van der Waals surface area (Å²) in [5.74, 6) is 0.878. The van der Waals surface area contributed by atoms with Gasteiger partial charge in [-0.25, -0.2) is 4.98 Å². The van der Waals surface area contributed by atoms with Crippen LogP contribution in [0.2, 0.25) is 0 Å². The van der Waals surface area contributed by atoms with E-state index in [2.05, 4.69) is 40.1 Å². The SMILES string of the molecule is CNc1cc(NC(C)c2cccs2)ccn1. The van der Waals surface area contributed by atoms with Crippen molar-refractivity contribution in [1.82, 2.24) is 4.98 Å². The van der Waals surface area contributed by atoms with Gasteiger partial charge in [-0.15, -0.1) is 11.3 Å². The molecule has 1 atom stereocenters. The fourth-order valence-corrected chi connectivity index (χ4v) is 2.25. The van der Waals surface area contributed by atoms with Crippen molar-refractivity contribution in [2.75, 3.05) is 17.7 Å². The number of rotatable bonds is 4. The third-order valence-corrected chi connectivity index (χ3v) is 3.42. The van der Waals surface area contributed by atoms with E-state index in [4.69, 9.17) is 0 Å². The highest BCUT2D eigenvalue weighted by Gasteiger charge is 2.06. The zero-order chi connectivity index (χ0) is 11.4. The lowest BCUT2D eigenvalue weighted by Crippen LogP contribution is -2.05. The second-order valence-corrected chi connectivity index (χ2v) is 4.54. The average Bonchev–Trinajstić information content (AvgIpc) is 2.83. The van der Waals surface area contributed by atoms with Crippen LogP contribution in [0.15, 0.2) is 35.8 Å². The molecule has 0 aliphatic carbocycles. The topological polar surface area (TPSA) is 37.0 Å². The highest BCUT2D eigenvalue weighted by Crippen LogP contribution is 2.23. The zero-order valence-corrected chi connectivity index (χ0v) is 10.2. The molecule has 0 radical (unpaired) electrons. The summed E-state index contributed by atoms with van der Waals surface area (Å²) in [4.78, 5) is 5.52. The van der Waals surface area contributed by atoms with Gasteiger partial charge in [0.2, 0.25) is 0 Å². The highest BCUT2D eigenvalue weighted by atomic mass is 32.1. The molecule has 0 aliphatic heterocycles. The summed E-state index contributed by atoms with van der Waals surface area (Å²) in [5.41, 5.74) is 1.08. The van der Waals surface area contributed by atoms with E-state index in [9.17, 15) is 0 Å². The summed E-state index contributed by atoms with van der Waals surface area (Å²) in [6.45, 7) is 2.16. The number of hydrogen-bond acceptors (Lipinski definition) is 4. The minimum absolute atomic E-state index is 0.326. The predicted molar refractivity (Wildman–Crippen MR) is 70.1 cm³/mol. The van der Waals surface area contributed by atoms with E-state index >= 15 is 0 Å². The molecule has 0 fully saturated rings. The molecular formula is C12H15N3S. The van der Waals surface area contributed by atoms with Gasteiger partial charge in [-0.2, -0.15) is 0 Å². The monoisotopic (exact) mass is 233 g/mol. The van der Waals surface area contributed by atoms with Gasteiger partial charge < -0.3 is 10.6 Å². The first-order valence-corrected chi connectivity index (χ1v) is 6.11. The molecule has 2 rings (SSSR count). The smallest absolute Gasteiger partial charge is 0.127 e. The van der Waals surface area contributed by atoms with Crippen molar-refractivity contribution < 1.29 is 0 Å². The third-order valence-electron chi connectivity index (χ3n) is 2.37. The maximum absolute atomic E-state index is 4.18. The van der Waals surface area contributed by atoms with E-state index in [-0.39, 0.29) is 0 Å². The maximum atomic E-state index is 4.18. The molecule has 0 bridgehead atoms. The standard InChI is InChI=1S/C12H15N3S/c1-9(11-4-3-7-16-11)15-10-5-6-14-12(8-10)13-2/h3-9H,1-2H3,(H2,13,14,15). The van der Waals surface area contributed by atoms with Gasteiger partial charge in [-0.3, -0.25) is 0 Å². The second-order valence-electron chi connectivity index (χ2n) is 3.56. The Bertz CT molecular complexity index is 439. The molecule has 0 saturated heterocycles. The third kappa shape index (κ3) is 2.52. The predicted octanol–water partition coefficient (Wildman–Crippen LogP) is 3.36. The summed E-state index contributed by atoms with van der Waals surface area (Å²) >= 11 is 1.77. The van der Waals surface area contributed by atoms with Crippen LogP contribution in [0.25, 0.3) is 0 Å². The lowest BCUT2D eigenvalue weighted by Gasteiger charge is -2.14. The summed E-state index contributed by atoms with van der Waals surface area (Å²) in [5, 5.41) is 8.57. The fourth-order valence-electron chi connectivity index (χ4n) is 1.52. The van der Waals surface area contributed by atoms with Crippen LogP contribution in [-0.2, 0) is 0 Å². The van der Waals surface area contributed by atoms with Crippen LogP contribution in [-0.4, -0.2) is 12.0 Å². The largest absolute Gasteiger partial charge is 0.378 e. The van der Waals surface area contributed by atoms with Gasteiger partial charge in [0.1, 0.15) is 5.82 Å². The maximum Gasteiger partial charge on any atom is 0.127 e. The second kappa shape index (κ2) is 4.99. The molecule has 2 aromatic heterocycles. The van der Waals surface area contributed by atoms with Crippen LogP contribution in [0.4, 0.5) is 11.5 Å². The summed E-state index contributed by atoms with van der Waals surface area (Å²) in [6, 6.07) is 8.52. The number of thiophene rings is 1. The first-order chi connectivity index (χ1) is 7.79. The van der Waals surface area contributed by atoms with Gasteiger partial charge in [-0.1, -0.05) is 6.07 Å². The zero-order valence-electron chi connectivity index (χ0n) is 9.40. The first kappa shape index (κ1) is 11.0. The average molecular weight is 233 g/mol. The molecule has 1 unspecified atom stereocenters. The number of nitrogens with one attached hydrogen (secondary N) is 2. The molecule has 84 valence electrons. The highest BCUT2D eigenvalue weighted by molar-refractivity contribution is 7.10. The van der Waals surface area contributed by atoms with Crippen molar-refractivity contribution in [3.63, 3.8) is 0 Å². The molecule has 4 heteroatoms. The van der Waals surface area contributed by atoms with Crippen molar-refractivity contribution in [2.24, 2.45) is 0 Å². The minimum atomic E-state index is 0.326.